The van der Waals surface area contributed by atoms with Crippen molar-refractivity contribution in [2.45, 2.75) is 26.3 Å². The number of hydrogen-bond acceptors (Lipinski definition) is 1. The average Bonchev–Trinajstić information content (AvgIpc) is 1.82. The molecule has 0 radical (unpaired) electrons. The van der Waals surface area contributed by atoms with Crippen LogP contribution in [0.2, 0.25) is 0 Å². The Hall–Kier alpha value is 0.310. The lowest BCUT2D eigenvalue weighted by Gasteiger charge is -2.11. The summed E-state index contributed by atoms with van der Waals surface area (Å²) in [5.74, 6) is 1.80. The van der Waals surface area contributed by atoms with Crippen molar-refractivity contribution in [2.75, 3.05) is 12.8 Å². The Morgan fingerprint density at radius 1 is 1.44 bits per heavy atom. The summed E-state index contributed by atoms with van der Waals surface area (Å²) in [6.07, 6.45) is 1.28. The van der Waals surface area contributed by atoms with E-state index in [1.54, 1.807) is 0 Å². The first-order chi connectivity index (χ1) is 4.20. The van der Waals surface area contributed by atoms with Crippen LogP contribution in [-0.4, -0.2) is 18.8 Å². The molecule has 0 aromatic carbocycles. The zero-order valence-electron chi connectivity index (χ0n) is 6.59. The molecule has 56 valence electrons. The molecule has 0 bridgehead atoms. The van der Waals surface area contributed by atoms with Gasteiger partial charge in [0.25, 0.3) is 0 Å². The highest BCUT2D eigenvalue weighted by atomic mass is 32.1. The molecule has 1 unspecified atom stereocenters. The summed E-state index contributed by atoms with van der Waals surface area (Å²) in [7, 11) is 2.11. The van der Waals surface area contributed by atoms with Gasteiger partial charge >= 0.3 is 0 Å². The van der Waals surface area contributed by atoms with Crippen LogP contribution < -0.4 is 5.32 Å². The quantitative estimate of drug-likeness (QED) is 0.541. The Balaban J connectivity index is 3.31. The van der Waals surface area contributed by atoms with E-state index in [0.29, 0.717) is 6.04 Å². The third-order valence-corrected chi connectivity index (χ3v) is 1.95. The lowest BCUT2D eigenvalue weighted by molar-refractivity contribution is -0.660. The molecule has 0 amide bonds. The fourth-order valence-corrected chi connectivity index (χ4v) is 1.28. The summed E-state index contributed by atoms with van der Waals surface area (Å²) < 4.78 is 0. The van der Waals surface area contributed by atoms with Gasteiger partial charge in [0.05, 0.1) is 13.1 Å². The van der Waals surface area contributed by atoms with Crippen LogP contribution in [0.1, 0.15) is 20.3 Å². The van der Waals surface area contributed by atoms with Gasteiger partial charge in [-0.25, -0.2) is 0 Å². The Morgan fingerprint density at radius 3 is 2.11 bits per heavy atom. The minimum atomic E-state index is 0.716. The van der Waals surface area contributed by atoms with E-state index >= 15 is 0 Å². The van der Waals surface area contributed by atoms with Crippen LogP contribution in [0.5, 0.6) is 0 Å². The Kier molecular flexibility index (Phi) is 5.30. The minimum Gasteiger partial charge on any atom is -0.346 e. The van der Waals surface area contributed by atoms with Gasteiger partial charge in [0, 0.05) is 12.2 Å². The van der Waals surface area contributed by atoms with Crippen LogP contribution in [0.3, 0.4) is 0 Å². The zero-order valence-corrected chi connectivity index (χ0v) is 7.49. The average molecular weight is 148 g/mol. The topological polar surface area (TPSA) is 16.6 Å². The molecule has 0 saturated carbocycles. The van der Waals surface area contributed by atoms with Crippen molar-refractivity contribution in [2.24, 2.45) is 5.92 Å². The Labute approximate surface area is 63.6 Å². The van der Waals surface area contributed by atoms with Crippen molar-refractivity contribution in [1.82, 2.24) is 0 Å². The predicted molar refractivity (Wildman–Crippen MR) is 44.9 cm³/mol. The molecule has 9 heavy (non-hydrogen) atoms. The minimum absolute atomic E-state index is 0.716. The maximum Gasteiger partial charge on any atom is 0.0948 e. The molecule has 1 atom stereocenters. The normalized spacial score (nSPS) is 14.3. The van der Waals surface area contributed by atoms with E-state index in [1.807, 2.05) is 0 Å². The maximum absolute atomic E-state index is 4.24. The highest BCUT2D eigenvalue weighted by Crippen LogP contribution is 2.01. The first-order valence-electron chi connectivity index (χ1n) is 3.61. The molecule has 1 nitrogen and oxygen atoms in total. The highest BCUT2D eigenvalue weighted by molar-refractivity contribution is 7.80. The molecule has 2 N–H and O–H groups in total. The van der Waals surface area contributed by atoms with Crippen molar-refractivity contribution in [1.29, 1.82) is 0 Å². The van der Waals surface area contributed by atoms with Crippen LogP contribution in [0.15, 0.2) is 0 Å². The van der Waals surface area contributed by atoms with Crippen molar-refractivity contribution in [3.8, 4) is 0 Å². The first-order valence-corrected chi connectivity index (χ1v) is 4.24. The molecule has 0 saturated heterocycles. The SMILES string of the molecule is C[NH2+]C(CS)CC(C)C. The summed E-state index contributed by atoms with van der Waals surface area (Å²) in [5.41, 5.74) is 0. The van der Waals surface area contributed by atoms with Crippen LogP contribution in [0.4, 0.5) is 0 Å². The molecule has 0 rings (SSSR count). The van der Waals surface area contributed by atoms with Gasteiger partial charge in [-0.05, 0) is 5.92 Å². The van der Waals surface area contributed by atoms with Gasteiger partial charge in [-0.3, -0.25) is 0 Å². The molecular formula is C7H18NS+. The second kappa shape index (κ2) is 5.12. The van der Waals surface area contributed by atoms with Crippen LogP contribution in [0.25, 0.3) is 0 Å². The van der Waals surface area contributed by atoms with Gasteiger partial charge in [-0.2, -0.15) is 12.6 Å². The molecule has 0 aromatic rings. The number of thiol groups is 1. The van der Waals surface area contributed by atoms with E-state index in [2.05, 4.69) is 38.8 Å². The van der Waals surface area contributed by atoms with Crippen LogP contribution >= 0.6 is 12.6 Å². The summed E-state index contributed by atoms with van der Waals surface area (Å²) in [6.45, 7) is 4.50. The van der Waals surface area contributed by atoms with E-state index < -0.39 is 0 Å². The van der Waals surface area contributed by atoms with E-state index in [1.165, 1.54) is 6.42 Å². The number of rotatable bonds is 4. The monoisotopic (exact) mass is 148 g/mol. The standard InChI is InChI=1S/C7H17NS/c1-6(2)4-7(5-9)8-3/h6-9H,4-5H2,1-3H3/p+1. The predicted octanol–water partition coefficient (Wildman–Crippen LogP) is 0.524. The summed E-state index contributed by atoms with van der Waals surface area (Å²) in [5, 5.41) is 2.24. The number of quaternary nitrogens is 1. The molecule has 0 heterocycles. The summed E-state index contributed by atoms with van der Waals surface area (Å²) in [4.78, 5) is 0. The second-order valence-electron chi connectivity index (χ2n) is 2.91. The molecule has 0 spiro atoms. The molecule has 2 heteroatoms. The van der Waals surface area contributed by atoms with Crippen molar-refractivity contribution in [3.63, 3.8) is 0 Å². The third-order valence-electron chi connectivity index (χ3n) is 1.48. The summed E-state index contributed by atoms with van der Waals surface area (Å²) >= 11 is 4.24. The summed E-state index contributed by atoms with van der Waals surface area (Å²) in [6, 6.07) is 0.716. The Bertz CT molecular complexity index is 59.9. The van der Waals surface area contributed by atoms with E-state index in [-0.39, 0.29) is 0 Å². The van der Waals surface area contributed by atoms with Crippen molar-refractivity contribution in [3.05, 3.63) is 0 Å². The molecule has 0 aromatic heterocycles. The fourth-order valence-electron chi connectivity index (χ4n) is 0.922. The van der Waals surface area contributed by atoms with Gasteiger partial charge in [0.2, 0.25) is 0 Å². The van der Waals surface area contributed by atoms with Gasteiger partial charge in [-0.1, -0.05) is 13.8 Å². The molecule has 0 aliphatic heterocycles. The molecular weight excluding hydrogens is 130 g/mol. The molecule has 0 fully saturated rings. The maximum atomic E-state index is 4.24. The molecule has 0 aliphatic rings. The number of nitrogens with two attached hydrogens (primary N) is 1. The fraction of sp³-hybridized carbons (Fsp3) is 1.00. The smallest absolute Gasteiger partial charge is 0.0948 e. The lowest BCUT2D eigenvalue weighted by Crippen LogP contribution is -2.87. The third kappa shape index (κ3) is 4.79. The van der Waals surface area contributed by atoms with Crippen LogP contribution in [0, 0.1) is 5.92 Å². The van der Waals surface area contributed by atoms with Gasteiger partial charge < -0.3 is 5.32 Å². The molecule has 0 aliphatic carbocycles. The first kappa shape index (κ1) is 9.31. The van der Waals surface area contributed by atoms with Gasteiger partial charge in [-0.15, -0.1) is 0 Å². The highest BCUT2D eigenvalue weighted by Gasteiger charge is 2.07. The van der Waals surface area contributed by atoms with Gasteiger partial charge in [0.15, 0.2) is 0 Å². The van der Waals surface area contributed by atoms with E-state index in [0.717, 1.165) is 11.7 Å². The number of hydrogen-bond donors (Lipinski definition) is 2. The van der Waals surface area contributed by atoms with E-state index in [4.69, 9.17) is 0 Å². The zero-order chi connectivity index (χ0) is 7.28. The van der Waals surface area contributed by atoms with Crippen molar-refractivity contribution >= 4 is 12.6 Å². The van der Waals surface area contributed by atoms with Crippen LogP contribution in [-0.2, 0) is 0 Å². The van der Waals surface area contributed by atoms with Gasteiger partial charge in [0.1, 0.15) is 0 Å². The van der Waals surface area contributed by atoms with E-state index in [9.17, 15) is 0 Å². The second-order valence-corrected chi connectivity index (χ2v) is 3.27. The van der Waals surface area contributed by atoms with Crippen molar-refractivity contribution < 1.29 is 5.32 Å². The lowest BCUT2D eigenvalue weighted by atomic mass is 10.1. The Morgan fingerprint density at radius 2 is 2.00 bits per heavy atom. The largest absolute Gasteiger partial charge is 0.346 e.